The predicted molar refractivity (Wildman–Crippen MR) is 102 cm³/mol. The van der Waals surface area contributed by atoms with Crippen LogP contribution in [0, 0.1) is 6.92 Å². The van der Waals surface area contributed by atoms with E-state index in [0.717, 1.165) is 10.9 Å². The lowest BCUT2D eigenvalue weighted by molar-refractivity contribution is 0.0938. The highest BCUT2D eigenvalue weighted by Gasteiger charge is 2.18. The number of nitrogens with one attached hydrogen (secondary N) is 1. The fourth-order valence-corrected chi connectivity index (χ4v) is 2.89. The molecule has 1 atom stereocenters. The summed E-state index contributed by atoms with van der Waals surface area (Å²) in [6.45, 7) is 2.43. The first-order valence-electron chi connectivity index (χ1n) is 8.50. The van der Waals surface area contributed by atoms with Gasteiger partial charge in [-0.1, -0.05) is 48.0 Å². The van der Waals surface area contributed by atoms with Crippen molar-refractivity contribution in [3.8, 4) is 0 Å². The molecule has 0 aliphatic carbocycles. The van der Waals surface area contributed by atoms with E-state index in [2.05, 4.69) is 17.4 Å². The molecule has 0 saturated heterocycles. The van der Waals surface area contributed by atoms with E-state index in [1.165, 1.54) is 5.56 Å². The zero-order valence-electron chi connectivity index (χ0n) is 15.2. The SMILES string of the molecule is Cc1ccc(C(CNC(=O)c2cc3ccccc3oc2=O)N(C)C)cc1. The summed E-state index contributed by atoms with van der Waals surface area (Å²) in [5, 5.41) is 3.58. The minimum atomic E-state index is -0.627. The van der Waals surface area contributed by atoms with Crippen LogP contribution in [-0.2, 0) is 0 Å². The monoisotopic (exact) mass is 350 g/mol. The Balaban J connectivity index is 1.79. The van der Waals surface area contributed by atoms with Crippen molar-refractivity contribution < 1.29 is 9.21 Å². The van der Waals surface area contributed by atoms with Crippen molar-refractivity contribution in [2.24, 2.45) is 0 Å². The standard InChI is InChI=1S/C21H22N2O3/c1-14-8-10-15(11-9-14)18(23(2)3)13-22-20(24)17-12-16-6-4-5-7-19(16)26-21(17)25/h4-12,18H,13H2,1-3H3,(H,22,24). The van der Waals surface area contributed by atoms with Crippen LogP contribution in [0.2, 0.25) is 0 Å². The summed E-state index contributed by atoms with van der Waals surface area (Å²) in [5.41, 5.74) is 2.15. The maximum absolute atomic E-state index is 12.5. The third kappa shape index (κ3) is 3.83. The minimum Gasteiger partial charge on any atom is -0.422 e. The first-order valence-corrected chi connectivity index (χ1v) is 8.50. The van der Waals surface area contributed by atoms with Gasteiger partial charge in [-0.25, -0.2) is 4.79 Å². The van der Waals surface area contributed by atoms with Crippen LogP contribution < -0.4 is 10.9 Å². The summed E-state index contributed by atoms with van der Waals surface area (Å²) >= 11 is 0. The van der Waals surface area contributed by atoms with Gasteiger partial charge in [0.05, 0.1) is 6.04 Å². The van der Waals surface area contributed by atoms with Crippen LogP contribution in [0.4, 0.5) is 0 Å². The number of aryl methyl sites for hydroxylation is 1. The molecule has 134 valence electrons. The third-order valence-electron chi connectivity index (χ3n) is 4.43. The number of carbonyl (C=O) groups excluding carboxylic acids is 1. The number of para-hydroxylation sites is 1. The van der Waals surface area contributed by atoms with Crippen molar-refractivity contribution in [3.63, 3.8) is 0 Å². The fraction of sp³-hybridized carbons (Fsp3) is 0.238. The van der Waals surface area contributed by atoms with Crippen molar-refractivity contribution in [2.75, 3.05) is 20.6 Å². The average molecular weight is 350 g/mol. The van der Waals surface area contributed by atoms with Crippen LogP contribution in [-0.4, -0.2) is 31.4 Å². The van der Waals surface area contributed by atoms with Crippen LogP contribution in [0.25, 0.3) is 11.0 Å². The summed E-state index contributed by atoms with van der Waals surface area (Å²) in [4.78, 5) is 26.7. The zero-order valence-corrected chi connectivity index (χ0v) is 15.2. The van der Waals surface area contributed by atoms with Crippen molar-refractivity contribution in [2.45, 2.75) is 13.0 Å². The maximum Gasteiger partial charge on any atom is 0.349 e. The summed E-state index contributed by atoms with van der Waals surface area (Å²) in [6.07, 6.45) is 0. The van der Waals surface area contributed by atoms with Crippen molar-refractivity contribution in [1.29, 1.82) is 0 Å². The Kier molecular flexibility index (Phi) is 5.19. The van der Waals surface area contributed by atoms with Gasteiger partial charge in [-0.3, -0.25) is 4.79 Å². The Bertz CT molecular complexity index is 974. The lowest BCUT2D eigenvalue weighted by Crippen LogP contribution is -2.36. The fourth-order valence-electron chi connectivity index (χ4n) is 2.89. The molecule has 0 aliphatic rings. The molecule has 1 N–H and O–H groups in total. The lowest BCUT2D eigenvalue weighted by atomic mass is 10.0. The quantitative estimate of drug-likeness (QED) is 0.718. The number of hydrogen-bond donors (Lipinski definition) is 1. The molecule has 2 aromatic carbocycles. The number of nitrogens with zero attached hydrogens (tertiary/aromatic N) is 1. The maximum atomic E-state index is 12.5. The Morgan fingerprint density at radius 1 is 1.12 bits per heavy atom. The van der Waals surface area contributed by atoms with Crippen LogP contribution >= 0.6 is 0 Å². The summed E-state index contributed by atoms with van der Waals surface area (Å²) in [5.74, 6) is -0.427. The number of carbonyl (C=O) groups is 1. The summed E-state index contributed by atoms with van der Waals surface area (Å²) < 4.78 is 5.24. The van der Waals surface area contributed by atoms with Gasteiger partial charge >= 0.3 is 5.63 Å². The molecule has 3 rings (SSSR count). The van der Waals surface area contributed by atoms with Crippen LogP contribution in [0.1, 0.15) is 27.5 Å². The van der Waals surface area contributed by atoms with E-state index < -0.39 is 11.5 Å². The second-order valence-electron chi connectivity index (χ2n) is 6.59. The number of benzene rings is 2. The van der Waals surface area contributed by atoms with Crippen LogP contribution in [0.15, 0.2) is 63.8 Å². The van der Waals surface area contributed by atoms with Crippen LogP contribution in [0.5, 0.6) is 0 Å². The number of amides is 1. The number of rotatable bonds is 5. The van der Waals surface area contributed by atoms with Gasteiger partial charge in [0.25, 0.3) is 5.91 Å². The zero-order chi connectivity index (χ0) is 18.7. The smallest absolute Gasteiger partial charge is 0.349 e. The highest BCUT2D eigenvalue weighted by Crippen LogP contribution is 2.18. The largest absolute Gasteiger partial charge is 0.422 e. The van der Waals surface area contributed by atoms with Crippen LogP contribution in [0.3, 0.4) is 0 Å². The topological polar surface area (TPSA) is 62.6 Å². The molecule has 5 heteroatoms. The third-order valence-corrected chi connectivity index (χ3v) is 4.43. The second-order valence-corrected chi connectivity index (χ2v) is 6.59. The van der Waals surface area contributed by atoms with Crippen molar-refractivity contribution in [1.82, 2.24) is 10.2 Å². The van der Waals surface area contributed by atoms with Gasteiger partial charge in [0.15, 0.2) is 0 Å². The van der Waals surface area contributed by atoms with Crippen molar-refractivity contribution >= 4 is 16.9 Å². The molecule has 0 saturated carbocycles. The molecule has 26 heavy (non-hydrogen) atoms. The van der Waals surface area contributed by atoms with E-state index in [4.69, 9.17) is 4.42 Å². The Labute approximate surface area is 152 Å². The number of likely N-dealkylation sites (N-methyl/N-ethyl adjacent to an activating group) is 1. The first-order chi connectivity index (χ1) is 12.5. The Hall–Kier alpha value is -2.92. The van der Waals surface area contributed by atoms with Crippen molar-refractivity contribution in [3.05, 3.63) is 81.7 Å². The summed E-state index contributed by atoms with van der Waals surface area (Å²) in [6, 6.07) is 16.9. The molecule has 3 aromatic rings. The van der Waals surface area contributed by atoms with Gasteiger partial charge in [-0.2, -0.15) is 0 Å². The van der Waals surface area contributed by atoms with Gasteiger partial charge in [0, 0.05) is 11.9 Å². The molecule has 0 aliphatic heterocycles. The number of fused-ring (bicyclic) bond motifs is 1. The van der Waals surface area contributed by atoms with E-state index in [1.807, 2.05) is 50.2 Å². The van der Waals surface area contributed by atoms with E-state index in [0.29, 0.717) is 12.1 Å². The van der Waals surface area contributed by atoms with E-state index in [1.54, 1.807) is 18.2 Å². The van der Waals surface area contributed by atoms with E-state index in [9.17, 15) is 9.59 Å². The Morgan fingerprint density at radius 3 is 2.50 bits per heavy atom. The molecule has 0 radical (unpaired) electrons. The lowest BCUT2D eigenvalue weighted by Gasteiger charge is -2.25. The normalized spacial score (nSPS) is 12.3. The predicted octanol–water partition coefficient (Wildman–Crippen LogP) is 3.13. The Morgan fingerprint density at radius 2 is 1.81 bits per heavy atom. The molecule has 1 aromatic heterocycles. The van der Waals surface area contributed by atoms with E-state index in [-0.39, 0.29) is 11.6 Å². The first kappa shape index (κ1) is 17.9. The highest BCUT2D eigenvalue weighted by atomic mass is 16.4. The molecule has 1 unspecified atom stereocenters. The second kappa shape index (κ2) is 7.54. The molecular formula is C21H22N2O3. The molecule has 0 bridgehead atoms. The molecule has 1 heterocycles. The molecule has 0 spiro atoms. The van der Waals surface area contributed by atoms with E-state index >= 15 is 0 Å². The average Bonchev–Trinajstić information content (AvgIpc) is 2.62. The molecule has 1 amide bonds. The van der Waals surface area contributed by atoms with Gasteiger partial charge in [-0.05, 0) is 38.7 Å². The number of hydrogen-bond acceptors (Lipinski definition) is 4. The van der Waals surface area contributed by atoms with Gasteiger partial charge in [0.1, 0.15) is 11.1 Å². The van der Waals surface area contributed by atoms with Gasteiger partial charge < -0.3 is 14.6 Å². The van der Waals surface area contributed by atoms with Gasteiger partial charge in [-0.15, -0.1) is 0 Å². The highest BCUT2D eigenvalue weighted by molar-refractivity contribution is 5.96. The minimum absolute atomic E-state index is 0.00653. The summed E-state index contributed by atoms with van der Waals surface area (Å²) in [7, 11) is 3.92. The molecular weight excluding hydrogens is 328 g/mol. The molecule has 5 nitrogen and oxygen atoms in total. The van der Waals surface area contributed by atoms with Gasteiger partial charge in [0.2, 0.25) is 0 Å². The molecule has 0 fully saturated rings.